The zero-order valence-electron chi connectivity index (χ0n) is 17.3. The van der Waals surface area contributed by atoms with Crippen molar-refractivity contribution in [1.29, 1.82) is 0 Å². The van der Waals surface area contributed by atoms with Crippen LogP contribution in [0.5, 0.6) is 17.2 Å². The minimum Gasteiger partial charge on any atom is -0.494 e. The summed E-state index contributed by atoms with van der Waals surface area (Å²) in [6.07, 6.45) is 0. The van der Waals surface area contributed by atoms with E-state index in [0.717, 1.165) is 5.75 Å². The number of carbonyl (C=O) groups is 2. The number of ether oxygens (including phenoxy) is 2. The summed E-state index contributed by atoms with van der Waals surface area (Å²) in [6, 6.07) is 19.1. The molecule has 31 heavy (non-hydrogen) atoms. The van der Waals surface area contributed by atoms with Crippen molar-refractivity contribution in [3.8, 4) is 17.2 Å². The number of para-hydroxylation sites is 2. The van der Waals surface area contributed by atoms with E-state index < -0.39 is 6.03 Å². The van der Waals surface area contributed by atoms with Crippen molar-refractivity contribution in [2.45, 2.75) is 13.8 Å². The van der Waals surface area contributed by atoms with Crippen molar-refractivity contribution in [3.05, 3.63) is 72.3 Å². The van der Waals surface area contributed by atoms with Crippen LogP contribution in [0, 0.1) is 0 Å². The molecule has 0 aromatic heterocycles. The van der Waals surface area contributed by atoms with E-state index in [2.05, 4.69) is 10.6 Å². The maximum Gasteiger partial charge on any atom is 0.323 e. The highest BCUT2D eigenvalue weighted by molar-refractivity contribution is 6.10. The van der Waals surface area contributed by atoms with Gasteiger partial charge in [0.2, 0.25) is 0 Å². The molecule has 3 aromatic carbocycles. The quantitative estimate of drug-likeness (QED) is 0.574. The number of carbonyl (C=O) groups excluding carboxylic acids is 2. The first-order valence-corrected chi connectivity index (χ1v) is 10.1. The molecule has 4 rings (SSSR count). The Morgan fingerprint density at radius 3 is 2.39 bits per heavy atom. The number of nitrogens with zero attached hydrogens (tertiary/aromatic N) is 1. The highest BCUT2D eigenvalue weighted by Gasteiger charge is 2.27. The third-order valence-corrected chi connectivity index (χ3v) is 4.83. The minimum absolute atomic E-state index is 0.182. The predicted molar refractivity (Wildman–Crippen MR) is 121 cm³/mol. The van der Waals surface area contributed by atoms with Gasteiger partial charge in [0.25, 0.3) is 5.91 Å². The molecule has 7 nitrogen and oxygen atoms in total. The summed E-state index contributed by atoms with van der Waals surface area (Å²) in [4.78, 5) is 27.2. The normalized spacial score (nSPS) is 12.2. The molecule has 1 heterocycles. The molecule has 0 radical (unpaired) electrons. The molecule has 2 N–H and O–H groups in total. The third kappa shape index (κ3) is 4.30. The smallest absolute Gasteiger partial charge is 0.323 e. The molecule has 0 fully saturated rings. The number of rotatable bonds is 5. The SMILES string of the molecule is CCOc1ccc(NC(=O)Nc2ccc3c(c2)C(=O)N(CC)c2ccccc2O3)cc1. The van der Waals surface area contributed by atoms with Gasteiger partial charge in [0.05, 0.1) is 17.9 Å². The van der Waals surface area contributed by atoms with E-state index in [9.17, 15) is 9.59 Å². The summed E-state index contributed by atoms with van der Waals surface area (Å²) in [6.45, 7) is 4.89. The van der Waals surface area contributed by atoms with Gasteiger partial charge in [-0.1, -0.05) is 12.1 Å². The zero-order valence-corrected chi connectivity index (χ0v) is 17.3. The Balaban J connectivity index is 1.52. The Labute approximate surface area is 180 Å². The van der Waals surface area contributed by atoms with Crippen molar-refractivity contribution in [2.24, 2.45) is 0 Å². The van der Waals surface area contributed by atoms with Crippen molar-refractivity contribution in [1.82, 2.24) is 0 Å². The van der Waals surface area contributed by atoms with Crippen LogP contribution < -0.4 is 25.0 Å². The first kappa shape index (κ1) is 20.3. The van der Waals surface area contributed by atoms with Gasteiger partial charge >= 0.3 is 6.03 Å². The Morgan fingerprint density at radius 1 is 0.935 bits per heavy atom. The Morgan fingerprint density at radius 2 is 1.65 bits per heavy atom. The van der Waals surface area contributed by atoms with Gasteiger partial charge in [-0.3, -0.25) is 4.79 Å². The van der Waals surface area contributed by atoms with Gasteiger partial charge in [0.15, 0.2) is 5.75 Å². The Hall–Kier alpha value is -4.00. The van der Waals surface area contributed by atoms with Gasteiger partial charge in [-0.25, -0.2) is 4.79 Å². The number of hydrogen-bond acceptors (Lipinski definition) is 4. The molecule has 158 valence electrons. The van der Waals surface area contributed by atoms with Gasteiger partial charge < -0.3 is 25.0 Å². The van der Waals surface area contributed by atoms with E-state index in [1.54, 1.807) is 47.4 Å². The number of anilines is 3. The maximum atomic E-state index is 13.2. The summed E-state index contributed by atoms with van der Waals surface area (Å²) >= 11 is 0. The Bertz CT molecular complexity index is 1110. The topological polar surface area (TPSA) is 79.9 Å². The molecular formula is C24H23N3O4. The summed E-state index contributed by atoms with van der Waals surface area (Å²) in [7, 11) is 0. The predicted octanol–water partition coefficient (Wildman–Crippen LogP) is 5.50. The minimum atomic E-state index is -0.415. The lowest BCUT2D eigenvalue weighted by atomic mass is 10.1. The van der Waals surface area contributed by atoms with Crippen LogP contribution in [0.15, 0.2) is 66.7 Å². The monoisotopic (exact) mass is 417 g/mol. The van der Waals surface area contributed by atoms with Crippen LogP contribution in [0.3, 0.4) is 0 Å². The van der Waals surface area contributed by atoms with E-state index >= 15 is 0 Å². The average molecular weight is 417 g/mol. The number of urea groups is 1. The van der Waals surface area contributed by atoms with Gasteiger partial charge in [-0.2, -0.15) is 0 Å². The number of amides is 3. The highest BCUT2D eigenvalue weighted by atomic mass is 16.5. The van der Waals surface area contributed by atoms with Crippen molar-refractivity contribution >= 4 is 29.0 Å². The summed E-state index contributed by atoms with van der Waals surface area (Å²) in [5.74, 6) is 1.62. The second kappa shape index (κ2) is 8.79. The molecule has 1 aliphatic heterocycles. The highest BCUT2D eigenvalue weighted by Crippen LogP contribution is 2.39. The van der Waals surface area contributed by atoms with Crippen LogP contribution in [-0.4, -0.2) is 25.1 Å². The van der Waals surface area contributed by atoms with Crippen LogP contribution in [0.4, 0.5) is 21.9 Å². The maximum absolute atomic E-state index is 13.2. The Kier molecular flexibility index (Phi) is 5.75. The molecule has 0 unspecified atom stereocenters. The molecular weight excluding hydrogens is 394 g/mol. The summed E-state index contributed by atoms with van der Waals surface area (Å²) in [5, 5.41) is 5.53. The fraction of sp³-hybridized carbons (Fsp3) is 0.167. The molecule has 3 amide bonds. The molecule has 7 heteroatoms. The summed E-state index contributed by atoms with van der Waals surface area (Å²) < 4.78 is 11.4. The second-order valence-corrected chi connectivity index (χ2v) is 6.87. The molecule has 0 saturated carbocycles. The third-order valence-electron chi connectivity index (χ3n) is 4.83. The van der Waals surface area contributed by atoms with Crippen LogP contribution in [0.1, 0.15) is 24.2 Å². The first-order valence-electron chi connectivity index (χ1n) is 10.1. The largest absolute Gasteiger partial charge is 0.494 e. The molecule has 0 bridgehead atoms. The van der Waals surface area contributed by atoms with Gasteiger partial charge in [-0.15, -0.1) is 0 Å². The number of fused-ring (bicyclic) bond motifs is 2. The first-order chi connectivity index (χ1) is 15.1. The lowest BCUT2D eigenvalue weighted by molar-refractivity contribution is 0.0988. The molecule has 0 aliphatic carbocycles. The van der Waals surface area contributed by atoms with Crippen LogP contribution in [0.2, 0.25) is 0 Å². The van der Waals surface area contributed by atoms with Crippen molar-refractivity contribution < 1.29 is 19.1 Å². The van der Waals surface area contributed by atoms with Crippen LogP contribution >= 0.6 is 0 Å². The molecule has 0 spiro atoms. The summed E-state index contributed by atoms with van der Waals surface area (Å²) in [5.41, 5.74) is 2.22. The van der Waals surface area contributed by atoms with E-state index in [0.29, 0.717) is 47.3 Å². The van der Waals surface area contributed by atoms with Gasteiger partial charge in [0.1, 0.15) is 11.5 Å². The van der Waals surface area contributed by atoms with E-state index in [-0.39, 0.29) is 5.91 Å². The number of benzene rings is 3. The molecule has 0 atom stereocenters. The fourth-order valence-electron chi connectivity index (χ4n) is 3.41. The lowest BCUT2D eigenvalue weighted by Gasteiger charge is -2.19. The van der Waals surface area contributed by atoms with E-state index in [1.165, 1.54) is 0 Å². The number of hydrogen-bond donors (Lipinski definition) is 2. The van der Waals surface area contributed by atoms with Gasteiger partial charge in [-0.05, 0) is 68.4 Å². The van der Waals surface area contributed by atoms with E-state index in [4.69, 9.17) is 9.47 Å². The second-order valence-electron chi connectivity index (χ2n) is 6.87. The zero-order chi connectivity index (χ0) is 21.8. The lowest BCUT2D eigenvalue weighted by Crippen LogP contribution is -2.29. The fourth-order valence-corrected chi connectivity index (χ4v) is 3.41. The standard InChI is InChI=1S/C24H23N3O4/c1-3-27-20-7-5-6-8-22(20)31-21-14-11-17(15-19(21)23(27)28)26-24(29)25-16-9-12-18(13-10-16)30-4-2/h5-15H,3-4H2,1-2H3,(H2,25,26,29). The number of nitrogens with one attached hydrogen (secondary N) is 2. The molecule has 1 aliphatic rings. The van der Waals surface area contributed by atoms with Crippen LogP contribution in [0.25, 0.3) is 0 Å². The van der Waals surface area contributed by atoms with E-state index in [1.807, 2.05) is 38.1 Å². The molecule has 0 saturated heterocycles. The van der Waals surface area contributed by atoms with Crippen molar-refractivity contribution in [3.63, 3.8) is 0 Å². The average Bonchev–Trinajstić information content (AvgIpc) is 2.89. The van der Waals surface area contributed by atoms with Crippen molar-refractivity contribution in [2.75, 3.05) is 28.7 Å². The van der Waals surface area contributed by atoms with Gasteiger partial charge in [0, 0.05) is 17.9 Å². The van der Waals surface area contributed by atoms with Crippen LogP contribution in [-0.2, 0) is 0 Å². The molecule has 3 aromatic rings.